The molecule has 4 rings (SSSR count). The maximum absolute atomic E-state index is 12.5. The average Bonchev–Trinajstić information content (AvgIpc) is 2.95. The van der Waals surface area contributed by atoms with Crippen LogP contribution in [0.2, 0.25) is 0 Å². The van der Waals surface area contributed by atoms with Crippen molar-refractivity contribution in [3.63, 3.8) is 0 Å². The quantitative estimate of drug-likeness (QED) is 0.839. The highest BCUT2D eigenvalue weighted by atomic mass is 16.3. The van der Waals surface area contributed by atoms with Crippen LogP contribution in [-0.4, -0.2) is 12.3 Å². The zero-order valence-corrected chi connectivity index (χ0v) is 11.6. The van der Waals surface area contributed by atoms with E-state index in [9.17, 15) is 4.79 Å². The highest BCUT2D eigenvalue weighted by Crippen LogP contribution is 2.38. The lowest BCUT2D eigenvalue weighted by molar-refractivity contribution is -0.116. The average molecular weight is 280 g/mol. The number of anilines is 2. The number of hydrogen-bond donors (Lipinski definition) is 2. The van der Waals surface area contributed by atoms with E-state index in [-0.39, 0.29) is 11.7 Å². The monoisotopic (exact) mass is 280 g/mol. The molecular weight excluding hydrogens is 264 g/mol. The van der Waals surface area contributed by atoms with Gasteiger partial charge in [-0.1, -0.05) is 12.1 Å². The summed E-state index contributed by atoms with van der Waals surface area (Å²) in [5, 5.41) is 6.78. The van der Waals surface area contributed by atoms with Crippen LogP contribution in [0.25, 0.3) is 0 Å². The van der Waals surface area contributed by atoms with Gasteiger partial charge in [-0.25, -0.2) is 0 Å². The minimum absolute atomic E-state index is 0.129. The smallest absolute Gasteiger partial charge is 0.163 e. The predicted octanol–water partition coefficient (Wildman–Crippen LogP) is 3.52. The van der Waals surface area contributed by atoms with Gasteiger partial charge in [-0.05, 0) is 30.7 Å². The van der Waals surface area contributed by atoms with E-state index >= 15 is 0 Å². The molecule has 4 nitrogen and oxygen atoms in total. The van der Waals surface area contributed by atoms with Crippen LogP contribution < -0.4 is 10.6 Å². The largest absolute Gasteiger partial charge is 0.469 e. The summed E-state index contributed by atoms with van der Waals surface area (Å²) in [4.78, 5) is 12.5. The zero-order chi connectivity index (χ0) is 14.2. The minimum atomic E-state index is 0.129. The number of para-hydroxylation sites is 2. The summed E-state index contributed by atoms with van der Waals surface area (Å²) < 4.78 is 5.48. The number of carbonyl (C=O) groups excluding carboxylic acids is 1. The molecule has 1 aromatic carbocycles. The number of rotatable bonds is 1. The van der Waals surface area contributed by atoms with Crippen molar-refractivity contribution < 1.29 is 9.21 Å². The Kier molecular flexibility index (Phi) is 2.81. The number of ketones is 1. The van der Waals surface area contributed by atoms with Gasteiger partial charge in [-0.3, -0.25) is 4.79 Å². The molecule has 4 heteroatoms. The molecule has 0 bridgehead atoms. The van der Waals surface area contributed by atoms with Crippen molar-refractivity contribution >= 4 is 17.2 Å². The molecule has 2 aromatic rings. The Hall–Kier alpha value is -2.49. The van der Waals surface area contributed by atoms with Gasteiger partial charge >= 0.3 is 0 Å². The van der Waals surface area contributed by atoms with E-state index in [1.165, 1.54) is 0 Å². The van der Waals surface area contributed by atoms with Gasteiger partial charge in [-0.2, -0.15) is 0 Å². The lowest BCUT2D eigenvalue weighted by Gasteiger charge is -2.24. The van der Waals surface area contributed by atoms with Crippen molar-refractivity contribution in [2.75, 3.05) is 17.2 Å². The summed E-state index contributed by atoms with van der Waals surface area (Å²) in [6.07, 6.45) is 3.00. The number of carbonyl (C=O) groups is 1. The van der Waals surface area contributed by atoms with Crippen LogP contribution in [0.4, 0.5) is 11.4 Å². The van der Waals surface area contributed by atoms with Gasteiger partial charge in [0.2, 0.25) is 0 Å². The second-order valence-electron chi connectivity index (χ2n) is 5.53. The molecule has 0 radical (unpaired) electrons. The summed E-state index contributed by atoms with van der Waals surface area (Å²) in [6, 6.07) is 11.9. The third-order valence-corrected chi connectivity index (χ3v) is 4.20. The molecule has 0 saturated carbocycles. The third kappa shape index (κ3) is 2.13. The van der Waals surface area contributed by atoms with E-state index in [1.807, 2.05) is 36.4 Å². The van der Waals surface area contributed by atoms with Crippen molar-refractivity contribution in [3.05, 3.63) is 59.7 Å². The maximum atomic E-state index is 12.5. The third-order valence-electron chi connectivity index (χ3n) is 4.20. The SMILES string of the molecule is O=C1CC(c2ccco2)CC2=C1CNc1ccccc1N2. The highest BCUT2D eigenvalue weighted by Gasteiger charge is 2.31. The lowest BCUT2D eigenvalue weighted by Crippen LogP contribution is -2.23. The molecular formula is C17H16N2O2. The van der Waals surface area contributed by atoms with E-state index in [0.29, 0.717) is 13.0 Å². The minimum Gasteiger partial charge on any atom is -0.469 e. The van der Waals surface area contributed by atoms with E-state index in [4.69, 9.17) is 4.42 Å². The van der Waals surface area contributed by atoms with Crippen molar-refractivity contribution in [3.8, 4) is 0 Å². The fraction of sp³-hybridized carbons (Fsp3) is 0.235. The lowest BCUT2D eigenvalue weighted by atomic mass is 9.84. The molecule has 0 spiro atoms. The molecule has 1 aromatic heterocycles. The van der Waals surface area contributed by atoms with Crippen LogP contribution in [0, 0.1) is 0 Å². The molecule has 0 fully saturated rings. The summed E-state index contributed by atoms with van der Waals surface area (Å²) in [5.74, 6) is 1.22. The van der Waals surface area contributed by atoms with Crippen molar-refractivity contribution in [2.45, 2.75) is 18.8 Å². The summed E-state index contributed by atoms with van der Waals surface area (Å²) in [7, 11) is 0. The van der Waals surface area contributed by atoms with Gasteiger partial charge in [0, 0.05) is 30.2 Å². The summed E-state index contributed by atoms with van der Waals surface area (Å²) in [6.45, 7) is 0.586. The molecule has 1 atom stereocenters. The number of hydrogen-bond acceptors (Lipinski definition) is 4. The molecule has 106 valence electrons. The first-order valence-electron chi connectivity index (χ1n) is 7.20. The van der Waals surface area contributed by atoms with Gasteiger partial charge in [-0.15, -0.1) is 0 Å². The standard InChI is InChI=1S/C17H16N2O2/c20-16-9-11(17-6-3-7-21-17)8-15-12(16)10-18-13-4-1-2-5-14(13)19-15/h1-7,11,18-19H,8-10H2. The van der Waals surface area contributed by atoms with Crippen LogP contribution in [-0.2, 0) is 4.79 Å². The molecule has 0 amide bonds. The number of nitrogens with one attached hydrogen (secondary N) is 2. The first kappa shape index (κ1) is 12.3. The van der Waals surface area contributed by atoms with Gasteiger partial charge in [0.1, 0.15) is 5.76 Å². The molecule has 1 aliphatic heterocycles. The highest BCUT2D eigenvalue weighted by molar-refractivity contribution is 6.00. The Bertz CT molecular complexity index is 716. The molecule has 2 aliphatic rings. The maximum Gasteiger partial charge on any atom is 0.163 e. The Morgan fingerprint density at radius 3 is 2.71 bits per heavy atom. The van der Waals surface area contributed by atoms with Gasteiger partial charge in [0.15, 0.2) is 5.78 Å². The Labute approximate surface area is 122 Å². The number of benzene rings is 1. The van der Waals surface area contributed by atoms with Crippen molar-refractivity contribution in [2.24, 2.45) is 0 Å². The van der Waals surface area contributed by atoms with Crippen LogP contribution in [0.15, 0.2) is 58.3 Å². The van der Waals surface area contributed by atoms with Crippen molar-refractivity contribution in [1.29, 1.82) is 0 Å². The van der Waals surface area contributed by atoms with Gasteiger partial charge < -0.3 is 15.1 Å². The van der Waals surface area contributed by atoms with E-state index in [1.54, 1.807) is 6.26 Å². The molecule has 2 heterocycles. The Morgan fingerprint density at radius 1 is 1.05 bits per heavy atom. The Morgan fingerprint density at radius 2 is 1.90 bits per heavy atom. The van der Waals surface area contributed by atoms with Crippen molar-refractivity contribution in [1.82, 2.24) is 0 Å². The number of Topliss-reactive ketones (excluding diaryl/α,β-unsaturated/α-hetero) is 1. The predicted molar refractivity (Wildman–Crippen MR) is 81.3 cm³/mol. The van der Waals surface area contributed by atoms with Crippen LogP contribution in [0.3, 0.4) is 0 Å². The molecule has 2 N–H and O–H groups in total. The fourth-order valence-electron chi connectivity index (χ4n) is 3.11. The number of fused-ring (bicyclic) bond motifs is 1. The number of allylic oxidation sites excluding steroid dienone is 1. The summed E-state index contributed by atoms with van der Waals surface area (Å²) >= 11 is 0. The Balaban J connectivity index is 1.69. The second kappa shape index (κ2) is 4.81. The van der Waals surface area contributed by atoms with E-state index in [2.05, 4.69) is 10.6 Å². The second-order valence-corrected chi connectivity index (χ2v) is 5.53. The van der Waals surface area contributed by atoms with Gasteiger partial charge in [0.25, 0.3) is 0 Å². The summed E-state index contributed by atoms with van der Waals surface area (Å²) in [5.41, 5.74) is 3.95. The topological polar surface area (TPSA) is 54.3 Å². The molecule has 1 unspecified atom stereocenters. The molecule has 21 heavy (non-hydrogen) atoms. The molecule has 1 aliphatic carbocycles. The van der Waals surface area contributed by atoms with E-state index in [0.717, 1.165) is 34.8 Å². The number of furan rings is 1. The zero-order valence-electron chi connectivity index (χ0n) is 11.6. The van der Waals surface area contributed by atoms with Crippen LogP contribution in [0.5, 0.6) is 0 Å². The molecule has 0 saturated heterocycles. The van der Waals surface area contributed by atoms with E-state index < -0.39 is 0 Å². The normalized spacial score (nSPS) is 21.0. The van der Waals surface area contributed by atoms with Crippen LogP contribution >= 0.6 is 0 Å². The van der Waals surface area contributed by atoms with Crippen LogP contribution in [0.1, 0.15) is 24.5 Å². The van der Waals surface area contributed by atoms with Gasteiger partial charge in [0.05, 0.1) is 17.6 Å². The first-order chi connectivity index (χ1) is 10.3. The first-order valence-corrected chi connectivity index (χ1v) is 7.20. The fourth-order valence-corrected chi connectivity index (χ4v) is 3.11.